The zero-order valence-corrected chi connectivity index (χ0v) is 16.2. The molecule has 4 rings (SSSR count). The predicted octanol–water partition coefficient (Wildman–Crippen LogP) is 1.73. The molecule has 8 heteroatoms. The van der Waals surface area contributed by atoms with Crippen molar-refractivity contribution in [3.8, 4) is 0 Å². The van der Waals surface area contributed by atoms with Crippen molar-refractivity contribution in [2.45, 2.75) is 32.2 Å². The SMILES string of the molecule is CNc1ccccc1C(=O)N1CCN(C(=O)Cc2nnc(C)o2)CC1C1CC1. The highest BCUT2D eigenvalue weighted by molar-refractivity contribution is 6.00. The third kappa shape index (κ3) is 3.72. The number of piperazine rings is 1. The van der Waals surface area contributed by atoms with Crippen LogP contribution in [0.1, 0.15) is 35.0 Å². The fourth-order valence-corrected chi connectivity index (χ4v) is 3.87. The lowest BCUT2D eigenvalue weighted by molar-refractivity contribution is -0.133. The minimum atomic E-state index is -0.0305. The molecule has 1 saturated heterocycles. The van der Waals surface area contributed by atoms with Gasteiger partial charge in [-0.15, -0.1) is 10.2 Å². The predicted molar refractivity (Wildman–Crippen MR) is 103 cm³/mol. The average molecular weight is 383 g/mol. The third-order valence-corrected chi connectivity index (χ3v) is 5.50. The largest absolute Gasteiger partial charge is 0.425 e. The van der Waals surface area contributed by atoms with Crippen LogP contribution in [0.4, 0.5) is 5.69 Å². The number of amides is 2. The maximum atomic E-state index is 13.2. The minimum absolute atomic E-state index is 0.0291. The Hall–Kier alpha value is -2.90. The van der Waals surface area contributed by atoms with Gasteiger partial charge in [-0.25, -0.2) is 0 Å². The van der Waals surface area contributed by atoms with Gasteiger partial charge in [0.05, 0.1) is 11.6 Å². The topological polar surface area (TPSA) is 91.6 Å². The van der Waals surface area contributed by atoms with Crippen LogP contribution in [-0.2, 0) is 11.2 Å². The first-order valence-corrected chi connectivity index (χ1v) is 9.71. The van der Waals surface area contributed by atoms with Crippen molar-refractivity contribution >= 4 is 17.5 Å². The Morgan fingerprint density at radius 2 is 2.00 bits per heavy atom. The lowest BCUT2D eigenvalue weighted by atomic mass is 10.0. The number of benzene rings is 1. The smallest absolute Gasteiger partial charge is 0.256 e. The first kappa shape index (κ1) is 18.5. The maximum Gasteiger partial charge on any atom is 0.256 e. The van der Waals surface area contributed by atoms with Gasteiger partial charge in [0.15, 0.2) is 0 Å². The molecule has 1 unspecified atom stereocenters. The number of nitrogens with zero attached hydrogens (tertiary/aromatic N) is 4. The number of nitrogens with one attached hydrogen (secondary N) is 1. The molecule has 2 heterocycles. The van der Waals surface area contributed by atoms with Gasteiger partial charge in [-0.3, -0.25) is 9.59 Å². The van der Waals surface area contributed by atoms with Crippen LogP contribution < -0.4 is 5.32 Å². The molecule has 2 aromatic rings. The fourth-order valence-electron chi connectivity index (χ4n) is 3.87. The number of hydrogen-bond donors (Lipinski definition) is 1. The molecular weight excluding hydrogens is 358 g/mol. The summed E-state index contributed by atoms with van der Waals surface area (Å²) in [5.74, 6) is 1.26. The first-order valence-electron chi connectivity index (χ1n) is 9.71. The fraction of sp³-hybridized carbons (Fsp3) is 0.500. The van der Waals surface area contributed by atoms with E-state index in [-0.39, 0.29) is 24.3 Å². The summed E-state index contributed by atoms with van der Waals surface area (Å²) in [6.45, 7) is 3.32. The van der Waals surface area contributed by atoms with E-state index in [1.54, 1.807) is 6.92 Å². The molecule has 28 heavy (non-hydrogen) atoms. The van der Waals surface area contributed by atoms with Gasteiger partial charge in [0.25, 0.3) is 5.91 Å². The van der Waals surface area contributed by atoms with E-state index in [1.165, 1.54) is 0 Å². The van der Waals surface area contributed by atoms with Crippen LogP contribution >= 0.6 is 0 Å². The number of carbonyl (C=O) groups is 2. The highest BCUT2D eigenvalue weighted by Gasteiger charge is 2.42. The van der Waals surface area contributed by atoms with E-state index >= 15 is 0 Å². The minimum Gasteiger partial charge on any atom is -0.425 e. The van der Waals surface area contributed by atoms with Crippen LogP contribution in [0.2, 0.25) is 0 Å². The summed E-state index contributed by atoms with van der Waals surface area (Å²) < 4.78 is 5.33. The molecule has 2 fully saturated rings. The first-order chi connectivity index (χ1) is 13.6. The Labute approximate surface area is 163 Å². The summed E-state index contributed by atoms with van der Waals surface area (Å²) in [5, 5.41) is 10.8. The number of hydrogen-bond acceptors (Lipinski definition) is 6. The van der Waals surface area contributed by atoms with Gasteiger partial charge in [-0.1, -0.05) is 12.1 Å². The monoisotopic (exact) mass is 383 g/mol. The summed E-state index contributed by atoms with van der Waals surface area (Å²) in [5.41, 5.74) is 1.50. The van der Waals surface area contributed by atoms with E-state index in [1.807, 2.05) is 41.1 Å². The zero-order chi connectivity index (χ0) is 19.7. The number of anilines is 1. The van der Waals surface area contributed by atoms with Crippen molar-refractivity contribution in [2.24, 2.45) is 5.92 Å². The van der Waals surface area contributed by atoms with E-state index in [9.17, 15) is 9.59 Å². The van der Waals surface area contributed by atoms with Gasteiger partial charge in [0.2, 0.25) is 17.7 Å². The van der Waals surface area contributed by atoms with Crippen molar-refractivity contribution in [3.05, 3.63) is 41.6 Å². The second-order valence-electron chi connectivity index (χ2n) is 7.43. The van der Waals surface area contributed by atoms with Crippen LogP contribution in [0.25, 0.3) is 0 Å². The van der Waals surface area contributed by atoms with Crippen LogP contribution in [0.3, 0.4) is 0 Å². The van der Waals surface area contributed by atoms with E-state index in [0.29, 0.717) is 42.9 Å². The number of aryl methyl sites for hydroxylation is 1. The quantitative estimate of drug-likeness (QED) is 0.845. The van der Waals surface area contributed by atoms with Crippen molar-refractivity contribution in [3.63, 3.8) is 0 Å². The summed E-state index contributed by atoms with van der Waals surface area (Å²) in [7, 11) is 1.82. The second kappa shape index (κ2) is 7.61. The molecular formula is C20H25N5O3. The number of aromatic nitrogens is 2. The maximum absolute atomic E-state index is 13.2. The summed E-state index contributed by atoms with van der Waals surface area (Å²) in [4.78, 5) is 29.7. The van der Waals surface area contributed by atoms with Crippen molar-refractivity contribution in [1.29, 1.82) is 0 Å². The molecule has 1 aliphatic heterocycles. The van der Waals surface area contributed by atoms with Crippen molar-refractivity contribution in [2.75, 3.05) is 32.0 Å². The number of carbonyl (C=O) groups excluding carboxylic acids is 2. The summed E-state index contributed by atoms with van der Waals surface area (Å²) in [6.07, 6.45) is 2.31. The normalized spacial score (nSPS) is 19.6. The molecule has 0 bridgehead atoms. The van der Waals surface area contributed by atoms with E-state index in [0.717, 1.165) is 18.5 Å². The molecule has 2 aliphatic rings. The lowest BCUT2D eigenvalue weighted by Crippen LogP contribution is -2.57. The molecule has 1 saturated carbocycles. The standard InChI is InChI=1S/C20H25N5O3/c1-13-22-23-18(28-13)11-19(26)24-9-10-25(17(12-24)14-7-8-14)20(27)15-5-3-4-6-16(15)21-2/h3-6,14,17,21H,7-12H2,1-2H3. The van der Waals surface area contributed by atoms with Gasteiger partial charge in [-0.05, 0) is 30.9 Å². The Morgan fingerprint density at radius 1 is 1.21 bits per heavy atom. The molecule has 1 aromatic heterocycles. The van der Waals surface area contributed by atoms with Gasteiger partial charge < -0.3 is 19.5 Å². The summed E-state index contributed by atoms with van der Waals surface area (Å²) in [6, 6.07) is 7.61. The molecule has 8 nitrogen and oxygen atoms in total. The average Bonchev–Trinajstić information content (AvgIpc) is 3.49. The Balaban J connectivity index is 1.48. The highest BCUT2D eigenvalue weighted by atomic mass is 16.4. The van der Waals surface area contributed by atoms with Crippen molar-refractivity contribution in [1.82, 2.24) is 20.0 Å². The molecule has 2 amide bonds. The number of rotatable bonds is 5. The molecule has 0 radical (unpaired) electrons. The third-order valence-electron chi connectivity index (χ3n) is 5.50. The molecule has 0 spiro atoms. The van der Waals surface area contributed by atoms with Crippen molar-refractivity contribution < 1.29 is 14.0 Å². The molecule has 1 aromatic carbocycles. The van der Waals surface area contributed by atoms with Crippen LogP contribution in [0, 0.1) is 12.8 Å². The Morgan fingerprint density at radius 3 is 2.68 bits per heavy atom. The van der Waals surface area contributed by atoms with Gasteiger partial charge in [-0.2, -0.15) is 0 Å². The summed E-state index contributed by atoms with van der Waals surface area (Å²) >= 11 is 0. The molecule has 1 N–H and O–H groups in total. The van der Waals surface area contributed by atoms with Gasteiger partial charge >= 0.3 is 0 Å². The van der Waals surface area contributed by atoms with Crippen LogP contribution in [-0.4, -0.2) is 64.5 Å². The van der Waals surface area contributed by atoms with Crippen LogP contribution in [0.5, 0.6) is 0 Å². The second-order valence-corrected chi connectivity index (χ2v) is 7.43. The molecule has 1 aliphatic carbocycles. The van der Waals surface area contributed by atoms with Gasteiger partial charge in [0, 0.05) is 39.3 Å². The Bertz CT molecular complexity index is 876. The Kier molecular flexibility index (Phi) is 5.02. The number of para-hydroxylation sites is 1. The molecule has 148 valence electrons. The van der Waals surface area contributed by atoms with Gasteiger partial charge in [0.1, 0.15) is 6.42 Å². The van der Waals surface area contributed by atoms with E-state index in [2.05, 4.69) is 15.5 Å². The van der Waals surface area contributed by atoms with E-state index < -0.39 is 0 Å². The highest BCUT2D eigenvalue weighted by Crippen LogP contribution is 2.38. The van der Waals surface area contributed by atoms with Crippen LogP contribution in [0.15, 0.2) is 28.7 Å². The lowest BCUT2D eigenvalue weighted by Gasteiger charge is -2.42. The molecule has 1 atom stereocenters. The zero-order valence-electron chi connectivity index (χ0n) is 16.2. The van der Waals surface area contributed by atoms with E-state index in [4.69, 9.17) is 4.42 Å².